The Bertz CT molecular complexity index is 763. The number of rotatable bonds is 3. The maximum atomic E-state index is 13.3. The van der Waals surface area contributed by atoms with Crippen molar-refractivity contribution in [2.24, 2.45) is 0 Å². The van der Waals surface area contributed by atoms with Crippen molar-refractivity contribution in [1.82, 2.24) is 0 Å². The van der Waals surface area contributed by atoms with E-state index in [4.69, 9.17) is 23.2 Å². The third-order valence-corrected chi connectivity index (χ3v) is 4.93. The summed E-state index contributed by atoms with van der Waals surface area (Å²) in [4.78, 5) is 0.0417. The Kier molecular flexibility index (Phi) is 4.46. The first-order valence-electron chi connectivity index (χ1n) is 5.95. The van der Waals surface area contributed by atoms with Crippen molar-refractivity contribution in [3.05, 3.63) is 57.3 Å². The Labute approximate surface area is 132 Å². The van der Waals surface area contributed by atoms with Gasteiger partial charge in [-0.3, -0.25) is 4.72 Å². The Hall–Kier alpha value is -1.30. The molecule has 21 heavy (non-hydrogen) atoms. The van der Waals surface area contributed by atoms with E-state index in [9.17, 15) is 12.8 Å². The van der Waals surface area contributed by atoms with E-state index in [0.717, 1.165) is 0 Å². The second-order valence-corrected chi connectivity index (χ2v) is 7.12. The lowest BCUT2D eigenvalue weighted by Gasteiger charge is -2.13. The first-order valence-corrected chi connectivity index (χ1v) is 8.18. The van der Waals surface area contributed by atoms with Gasteiger partial charge >= 0.3 is 0 Å². The fourth-order valence-corrected chi connectivity index (χ4v) is 4.16. The van der Waals surface area contributed by atoms with Gasteiger partial charge < -0.3 is 0 Å². The SMILES string of the molecule is Cc1cc(F)cc(C)c1S(=O)(=O)Nc1cc(Cl)cc(Cl)c1. The van der Waals surface area contributed by atoms with Crippen molar-refractivity contribution in [2.75, 3.05) is 4.72 Å². The van der Waals surface area contributed by atoms with Gasteiger partial charge in [-0.2, -0.15) is 0 Å². The molecule has 7 heteroatoms. The van der Waals surface area contributed by atoms with E-state index in [1.807, 2.05) is 0 Å². The van der Waals surface area contributed by atoms with Gasteiger partial charge in [0, 0.05) is 10.0 Å². The van der Waals surface area contributed by atoms with Crippen molar-refractivity contribution in [3.8, 4) is 0 Å². The number of hydrogen-bond donors (Lipinski definition) is 1. The lowest BCUT2D eigenvalue weighted by atomic mass is 10.1. The highest BCUT2D eigenvalue weighted by atomic mass is 35.5. The molecule has 0 heterocycles. The maximum Gasteiger partial charge on any atom is 0.262 e. The van der Waals surface area contributed by atoms with Crippen LogP contribution in [0.15, 0.2) is 35.2 Å². The van der Waals surface area contributed by atoms with Crippen LogP contribution in [0.3, 0.4) is 0 Å². The van der Waals surface area contributed by atoms with Gasteiger partial charge in [0.1, 0.15) is 5.82 Å². The third kappa shape index (κ3) is 3.67. The topological polar surface area (TPSA) is 46.2 Å². The molecule has 0 aliphatic rings. The number of anilines is 1. The Morgan fingerprint density at radius 1 is 0.952 bits per heavy atom. The Morgan fingerprint density at radius 2 is 1.43 bits per heavy atom. The first kappa shape index (κ1) is 16.1. The predicted molar refractivity (Wildman–Crippen MR) is 83.1 cm³/mol. The second kappa shape index (κ2) is 5.83. The minimum atomic E-state index is -3.86. The summed E-state index contributed by atoms with van der Waals surface area (Å²) in [6.07, 6.45) is 0. The highest BCUT2D eigenvalue weighted by Crippen LogP contribution is 2.27. The molecule has 0 saturated heterocycles. The smallest absolute Gasteiger partial charge is 0.262 e. The van der Waals surface area contributed by atoms with Gasteiger partial charge in [0.15, 0.2) is 0 Å². The van der Waals surface area contributed by atoms with Crippen molar-refractivity contribution < 1.29 is 12.8 Å². The van der Waals surface area contributed by atoms with Crippen LogP contribution in [0.1, 0.15) is 11.1 Å². The van der Waals surface area contributed by atoms with Gasteiger partial charge in [0.25, 0.3) is 10.0 Å². The summed E-state index contributed by atoms with van der Waals surface area (Å²) in [5.74, 6) is -0.477. The number of sulfonamides is 1. The van der Waals surface area contributed by atoms with Crippen LogP contribution in [-0.4, -0.2) is 8.42 Å². The monoisotopic (exact) mass is 347 g/mol. The molecule has 0 aromatic heterocycles. The maximum absolute atomic E-state index is 13.3. The van der Waals surface area contributed by atoms with Gasteiger partial charge in [-0.25, -0.2) is 12.8 Å². The van der Waals surface area contributed by atoms with Crippen LogP contribution in [0.4, 0.5) is 10.1 Å². The van der Waals surface area contributed by atoms with E-state index < -0.39 is 15.8 Å². The fourth-order valence-electron chi connectivity index (χ4n) is 2.14. The molecule has 0 saturated carbocycles. The molecular formula is C14H12Cl2FNO2S. The van der Waals surface area contributed by atoms with Gasteiger partial charge in [0.2, 0.25) is 0 Å². The standard InChI is InChI=1S/C14H12Cl2FNO2S/c1-8-3-12(17)4-9(2)14(8)21(19,20)18-13-6-10(15)5-11(16)7-13/h3-7,18H,1-2H3. The first-order chi connectivity index (χ1) is 9.69. The minimum absolute atomic E-state index is 0.0417. The molecule has 112 valence electrons. The van der Waals surface area contributed by atoms with Crippen LogP contribution in [0.2, 0.25) is 10.0 Å². The molecule has 0 radical (unpaired) electrons. The van der Waals surface area contributed by atoms with Crippen molar-refractivity contribution in [2.45, 2.75) is 18.7 Å². The van der Waals surface area contributed by atoms with Crippen LogP contribution < -0.4 is 4.72 Å². The fraction of sp³-hybridized carbons (Fsp3) is 0.143. The molecule has 0 aliphatic carbocycles. The zero-order valence-electron chi connectivity index (χ0n) is 11.2. The van der Waals surface area contributed by atoms with Crippen molar-refractivity contribution in [1.29, 1.82) is 0 Å². The molecule has 0 aliphatic heterocycles. The van der Waals surface area contributed by atoms with E-state index in [1.54, 1.807) is 0 Å². The summed E-state index contributed by atoms with van der Waals surface area (Å²) in [6, 6.07) is 6.73. The lowest BCUT2D eigenvalue weighted by molar-refractivity contribution is 0.597. The highest BCUT2D eigenvalue weighted by Gasteiger charge is 2.20. The van der Waals surface area contributed by atoms with Crippen molar-refractivity contribution in [3.63, 3.8) is 0 Å². The molecule has 2 aromatic carbocycles. The quantitative estimate of drug-likeness (QED) is 0.885. The van der Waals surface area contributed by atoms with Crippen LogP contribution in [0.25, 0.3) is 0 Å². The predicted octanol–water partition coefficient (Wildman–Crippen LogP) is 4.55. The van der Waals surface area contributed by atoms with E-state index in [0.29, 0.717) is 21.2 Å². The molecule has 0 fully saturated rings. The van der Waals surface area contributed by atoms with Crippen LogP contribution in [0.5, 0.6) is 0 Å². The highest BCUT2D eigenvalue weighted by molar-refractivity contribution is 7.92. The largest absolute Gasteiger partial charge is 0.280 e. The molecule has 0 atom stereocenters. The van der Waals surface area contributed by atoms with E-state index >= 15 is 0 Å². The van der Waals surface area contributed by atoms with E-state index in [2.05, 4.69) is 4.72 Å². The van der Waals surface area contributed by atoms with Gasteiger partial charge in [-0.15, -0.1) is 0 Å². The van der Waals surface area contributed by atoms with Gasteiger partial charge in [-0.05, 0) is 55.3 Å². The molecule has 0 bridgehead atoms. The summed E-state index contributed by atoms with van der Waals surface area (Å²) in [5, 5.41) is 0.625. The molecule has 1 N–H and O–H groups in total. The molecular weight excluding hydrogens is 336 g/mol. The van der Waals surface area contributed by atoms with Crippen LogP contribution >= 0.6 is 23.2 Å². The number of benzene rings is 2. The summed E-state index contributed by atoms with van der Waals surface area (Å²) in [5.41, 5.74) is 0.900. The molecule has 0 amide bonds. The average Bonchev–Trinajstić information content (AvgIpc) is 2.23. The van der Waals surface area contributed by atoms with Gasteiger partial charge in [0.05, 0.1) is 10.6 Å². The average molecular weight is 348 g/mol. The number of aryl methyl sites for hydroxylation is 2. The molecule has 2 aromatic rings. The number of hydrogen-bond acceptors (Lipinski definition) is 2. The molecule has 0 unspecified atom stereocenters. The third-order valence-electron chi connectivity index (χ3n) is 2.81. The Morgan fingerprint density at radius 3 is 1.90 bits per heavy atom. The zero-order valence-corrected chi connectivity index (χ0v) is 13.6. The Balaban J connectivity index is 2.48. The van der Waals surface area contributed by atoms with Crippen LogP contribution in [0, 0.1) is 19.7 Å². The second-order valence-electron chi connectivity index (χ2n) is 4.63. The van der Waals surface area contributed by atoms with Crippen LogP contribution in [-0.2, 0) is 10.0 Å². The zero-order chi connectivity index (χ0) is 15.8. The summed E-state index contributed by atoms with van der Waals surface area (Å²) in [7, 11) is -3.86. The van der Waals surface area contributed by atoms with E-state index in [1.165, 1.54) is 44.2 Å². The number of nitrogens with one attached hydrogen (secondary N) is 1. The summed E-state index contributed by atoms with van der Waals surface area (Å²) >= 11 is 11.7. The molecule has 0 spiro atoms. The van der Waals surface area contributed by atoms with E-state index in [-0.39, 0.29) is 10.6 Å². The lowest BCUT2D eigenvalue weighted by Crippen LogP contribution is -2.16. The summed E-state index contributed by atoms with van der Waals surface area (Å²) < 4.78 is 40.6. The summed E-state index contributed by atoms with van der Waals surface area (Å²) in [6.45, 7) is 3.07. The minimum Gasteiger partial charge on any atom is -0.280 e. The van der Waals surface area contributed by atoms with Gasteiger partial charge in [-0.1, -0.05) is 23.2 Å². The normalized spacial score (nSPS) is 11.5. The molecule has 3 nitrogen and oxygen atoms in total. The van der Waals surface area contributed by atoms with Crippen molar-refractivity contribution >= 4 is 38.9 Å². The molecule has 2 rings (SSSR count). The number of halogens is 3.